The van der Waals surface area contributed by atoms with Crippen LogP contribution in [0.5, 0.6) is 0 Å². The number of hydrogen-bond acceptors (Lipinski definition) is 4. The molecule has 0 bridgehead atoms. The van der Waals surface area contributed by atoms with Crippen molar-refractivity contribution in [3.05, 3.63) is 35.5 Å². The Morgan fingerprint density at radius 1 is 1.32 bits per heavy atom. The maximum absolute atomic E-state index is 11.6. The quantitative estimate of drug-likeness (QED) is 0.830. The van der Waals surface area contributed by atoms with Gasteiger partial charge in [-0.1, -0.05) is 38.1 Å². The van der Waals surface area contributed by atoms with E-state index in [-0.39, 0.29) is 11.5 Å². The Hall–Kier alpha value is -2.30. The number of esters is 1. The number of methoxy groups -OCH3 is 1. The van der Waals surface area contributed by atoms with Crippen molar-refractivity contribution >= 4 is 11.8 Å². The zero-order chi connectivity index (χ0) is 14.0. The lowest BCUT2D eigenvalue weighted by Gasteiger charge is -2.07. The number of rotatable bonds is 3. The molecule has 2 rings (SSSR count). The van der Waals surface area contributed by atoms with Crippen molar-refractivity contribution in [2.24, 2.45) is 0 Å². The number of carbonyl (C=O) groups is 1. The Morgan fingerprint density at radius 3 is 2.47 bits per heavy atom. The highest BCUT2D eigenvalue weighted by Crippen LogP contribution is 2.29. The van der Waals surface area contributed by atoms with Gasteiger partial charge in [0.1, 0.15) is 0 Å². The minimum atomic E-state index is -0.480. The zero-order valence-electron chi connectivity index (χ0n) is 11.2. The van der Waals surface area contributed by atoms with Crippen LogP contribution < -0.4 is 5.73 Å². The van der Waals surface area contributed by atoms with Gasteiger partial charge in [-0.2, -0.15) is 5.10 Å². The van der Waals surface area contributed by atoms with Gasteiger partial charge in [0.15, 0.2) is 11.5 Å². The van der Waals surface area contributed by atoms with Crippen LogP contribution in [0.25, 0.3) is 11.1 Å². The van der Waals surface area contributed by atoms with Gasteiger partial charge in [0.2, 0.25) is 0 Å². The van der Waals surface area contributed by atoms with E-state index in [1.807, 2.05) is 24.3 Å². The van der Waals surface area contributed by atoms with E-state index >= 15 is 0 Å². The summed E-state index contributed by atoms with van der Waals surface area (Å²) in [5, 5.41) is 6.48. The topological polar surface area (TPSA) is 81.0 Å². The van der Waals surface area contributed by atoms with Crippen LogP contribution in [0.1, 0.15) is 35.8 Å². The number of H-pyrrole nitrogens is 1. The number of benzene rings is 1. The second-order valence-electron chi connectivity index (χ2n) is 4.63. The van der Waals surface area contributed by atoms with Crippen LogP contribution in [-0.2, 0) is 4.74 Å². The minimum Gasteiger partial charge on any atom is -0.464 e. The van der Waals surface area contributed by atoms with Gasteiger partial charge in [-0.15, -0.1) is 0 Å². The van der Waals surface area contributed by atoms with Gasteiger partial charge in [0.05, 0.1) is 12.7 Å². The number of nitrogens with one attached hydrogen (secondary N) is 1. The van der Waals surface area contributed by atoms with E-state index in [0.29, 0.717) is 11.5 Å². The predicted octanol–water partition coefficient (Wildman–Crippen LogP) is 2.57. The molecular formula is C14H17N3O2. The first-order valence-corrected chi connectivity index (χ1v) is 6.07. The first-order valence-electron chi connectivity index (χ1n) is 6.07. The molecule has 0 saturated heterocycles. The van der Waals surface area contributed by atoms with Gasteiger partial charge in [0.25, 0.3) is 0 Å². The molecule has 0 radical (unpaired) electrons. The van der Waals surface area contributed by atoms with E-state index in [9.17, 15) is 4.79 Å². The zero-order valence-corrected chi connectivity index (χ0v) is 11.2. The van der Waals surface area contributed by atoms with Crippen molar-refractivity contribution in [2.45, 2.75) is 19.8 Å². The third-order valence-electron chi connectivity index (χ3n) is 3.05. The van der Waals surface area contributed by atoms with Crippen LogP contribution in [0.4, 0.5) is 5.82 Å². The number of nitrogen functional groups attached to an aromatic ring is 1. The van der Waals surface area contributed by atoms with E-state index < -0.39 is 5.97 Å². The van der Waals surface area contributed by atoms with Gasteiger partial charge in [-0.3, -0.25) is 5.10 Å². The summed E-state index contributed by atoms with van der Waals surface area (Å²) in [6.45, 7) is 4.25. The van der Waals surface area contributed by atoms with E-state index in [2.05, 4.69) is 24.0 Å². The molecule has 0 aliphatic carbocycles. The molecule has 5 heteroatoms. The molecule has 0 aliphatic heterocycles. The van der Waals surface area contributed by atoms with Crippen LogP contribution in [0, 0.1) is 0 Å². The molecule has 0 saturated carbocycles. The number of hydrogen-bond donors (Lipinski definition) is 2. The fraction of sp³-hybridized carbons (Fsp3) is 0.286. The molecule has 2 aromatic rings. The summed E-state index contributed by atoms with van der Waals surface area (Å²) in [4.78, 5) is 11.6. The fourth-order valence-corrected chi connectivity index (χ4v) is 1.93. The van der Waals surface area contributed by atoms with Crippen LogP contribution in [0.2, 0.25) is 0 Å². The van der Waals surface area contributed by atoms with E-state index in [0.717, 1.165) is 5.56 Å². The monoisotopic (exact) mass is 259 g/mol. The van der Waals surface area contributed by atoms with Crippen LogP contribution in [-0.4, -0.2) is 23.3 Å². The number of carbonyl (C=O) groups excluding carboxylic acids is 1. The van der Waals surface area contributed by atoms with Crippen molar-refractivity contribution in [1.29, 1.82) is 0 Å². The van der Waals surface area contributed by atoms with Crippen molar-refractivity contribution < 1.29 is 9.53 Å². The third-order valence-corrected chi connectivity index (χ3v) is 3.05. The summed E-state index contributed by atoms with van der Waals surface area (Å²) in [7, 11) is 1.32. The lowest BCUT2D eigenvalue weighted by molar-refractivity contribution is 0.0595. The van der Waals surface area contributed by atoms with Crippen molar-refractivity contribution in [1.82, 2.24) is 10.2 Å². The molecule has 3 N–H and O–H groups in total. The second kappa shape index (κ2) is 5.14. The Labute approximate surface area is 111 Å². The molecular weight excluding hydrogens is 242 g/mol. The average molecular weight is 259 g/mol. The van der Waals surface area contributed by atoms with Gasteiger partial charge >= 0.3 is 5.97 Å². The molecule has 1 aromatic heterocycles. The first kappa shape index (κ1) is 13.1. The lowest BCUT2D eigenvalue weighted by atomic mass is 9.98. The molecule has 19 heavy (non-hydrogen) atoms. The molecule has 1 aromatic carbocycles. The smallest absolute Gasteiger partial charge is 0.356 e. The van der Waals surface area contributed by atoms with E-state index in [4.69, 9.17) is 10.5 Å². The summed E-state index contributed by atoms with van der Waals surface area (Å²) in [5.41, 5.74) is 8.75. The van der Waals surface area contributed by atoms with Gasteiger partial charge in [-0.25, -0.2) is 4.79 Å². The summed E-state index contributed by atoms with van der Waals surface area (Å²) in [6, 6.07) is 7.91. The average Bonchev–Trinajstić information content (AvgIpc) is 2.80. The van der Waals surface area contributed by atoms with Crippen LogP contribution in [0.3, 0.4) is 0 Å². The Bertz CT molecular complexity index is 585. The Balaban J connectivity index is 2.46. The highest BCUT2D eigenvalue weighted by atomic mass is 16.5. The van der Waals surface area contributed by atoms with E-state index in [1.165, 1.54) is 12.7 Å². The van der Waals surface area contributed by atoms with Crippen LogP contribution >= 0.6 is 0 Å². The number of nitrogens with zero attached hydrogens (tertiary/aromatic N) is 1. The van der Waals surface area contributed by atoms with Gasteiger partial charge < -0.3 is 10.5 Å². The molecule has 0 amide bonds. The number of aromatic amines is 1. The lowest BCUT2D eigenvalue weighted by Crippen LogP contribution is -2.04. The van der Waals surface area contributed by atoms with Gasteiger partial charge in [-0.05, 0) is 17.0 Å². The summed E-state index contributed by atoms with van der Waals surface area (Å²) < 4.78 is 4.71. The first-order chi connectivity index (χ1) is 9.04. The maximum Gasteiger partial charge on any atom is 0.356 e. The third kappa shape index (κ3) is 2.45. The number of aromatic nitrogens is 2. The largest absolute Gasteiger partial charge is 0.464 e. The SMILES string of the molecule is COC(=O)c1[nH]nc(N)c1-c1ccc(C(C)C)cc1. The summed E-state index contributed by atoms with van der Waals surface area (Å²) >= 11 is 0. The maximum atomic E-state index is 11.6. The molecule has 1 heterocycles. The van der Waals surface area contributed by atoms with E-state index in [1.54, 1.807) is 0 Å². The molecule has 100 valence electrons. The minimum absolute atomic E-state index is 0.275. The molecule has 5 nitrogen and oxygen atoms in total. The summed E-state index contributed by atoms with van der Waals surface area (Å²) in [5.74, 6) is 0.264. The highest BCUT2D eigenvalue weighted by Gasteiger charge is 2.19. The molecule has 0 spiro atoms. The second-order valence-corrected chi connectivity index (χ2v) is 4.63. The van der Waals surface area contributed by atoms with Crippen LogP contribution in [0.15, 0.2) is 24.3 Å². The number of nitrogens with two attached hydrogens (primary N) is 1. The van der Waals surface area contributed by atoms with Crippen molar-refractivity contribution in [3.8, 4) is 11.1 Å². The summed E-state index contributed by atoms with van der Waals surface area (Å²) in [6.07, 6.45) is 0. The predicted molar refractivity (Wildman–Crippen MR) is 73.9 cm³/mol. The highest BCUT2D eigenvalue weighted by molar-refractivity contribution is 5.98. The van der Waals surface area contributed by atoms with Crippen molar-refractivity contribution in [2.75, 3.05) is 12.8 Å². The molecule has 0 unspecified atom stereocenters. The number of ether oxygens (including phenoxy) is 1. The number of anilines is 1. The standard InChI is InChI=1S/C14H17N3O2/c1-8(2)9-4-6-10(7-5-9)11-12(14(18)19-3)16-17-13(11)15/h4-8H,1-3H3,(H3,15,16,17). The molecule has 0 aliphatic rings. The normalized spacial score (nSPS) is 10.7. The fourth-order valence-electron chi connectivity index (χ4n) is 1.93. The van der Waals surface area contributed by atoms with Gasteiger partial charge in [0, 0.05) is 0 Å². The molecule has 0 atom stereocenters. The molecule has 0 fully saturated rings. The Kier molecular flexibility index (Phi) is 3.55. The van der Waals surface area contributed by atoms with Crippen molar-refractivity contribution in [3.63, 3.8) is 0 Å². The Morgan fingerprint density at radius 2 is 1.95 bits per heavy atom.